The number of fused-ring (bicyclic) bond motifs is 3. The maximum Gasteiger partial charge on any atom is 0.255 e. The number of hydrogen-bond acceptors (Lipinski definition) is 8. The van der Waals surface area contributed by atoms with Gasteiger partial charge in [-0.15, -0.1) is 0 Å². The Kier molecular flexibility index (Phi) is 6.11. The average Bonchev–Trinajstić information content (AvgIpc) is 2.74. The molecule has 9 nitrogen and oxygen atoms in total. The van der Waals surface area contributed by atoms with E-state index in [4.69, 9.17) is 5.73 Å². The molecule has 1 aromatic rings. The number of nitrogens with two attached hydrogens (primary N) is 1. The van der Waals surface area contributed by atoms with Crippen LogP contribution in [-0.4, -0.2) is 60.1 Å². The van der Waals surface area contributed by atoms with Gasteiger partial charge in [0.25, 0.3) is 5.91 Å². The maximum absolute atomic E-state index is 13.5. The van der Waals surface area contributed by atoms with Gasteiger partial charge in [0.15, 0.2) is 11.6 Å². The van der Waals surface area contributed by atoms with Gasteiger partial charge >= 0.3 is 0 Å². The number of aliphatic hydroxyl groups excluding tert-OH is 2. The van der Waals surface area contributed by atoms with Crippen LogP contribution in [0.25, 0.3) is 5.76 Å². The van der Waals surface area contributed by atoms with Crippen molar-refractivity contribution in [2.24, 2.45) is 23.5 Å². The fourth-order valence-electron chi connectivity index (χ4n) is 5.57. The lowest BCUT2D eigenvalue weighted by Crippen LogP contribution is -2.44. The highest BCUT2D eigenvalue weighted by Gasteiger charge is 2.51. The normalized spacial score (nSPS) is 24.0. The summed E-state index contributed by atoms with van der Waals surface area (Å²) in [6, 6.07) is 1.77. The molecule has 1 saturated carbocycles. The summed E-state index contributed by atoms with van der Waals surface area (Å²) < 4.78 is 12.5. The number of ketones is 2. The number of phenolic OH excluding ortho intramolecular Hbond substituents is 1. The Morgan fingerprint density at radius 2 is 1.94 bits per heavy atom. The van der Waals surface area contributed by atoms with E-state index in [1.807, 2.05) is 19.0 Å². The number of primary amides is 1. The van der Waals surface area contributed by atoms with Gasteiger partial charge in [-0.05, 0) is 36.3 Å². The Hall–Kier alpha value is -3.40. The van der Waals surface area contributed by atoms with E-state index < -0.39 is 53.2 Å². The smallest absolute Gasteiger partial charge is 0.255 e. The van der Waals surface area contributed by atoms with E-state index in [9.17, 15) is 34.1 Å². The zero-order valence-corrected chi connectivity index (χ0v) is 19.0. The molecule has 6 N–H and O–H groups in total. The SMILES string of the molecule is CN(C)c1cc(CNCCF)c(O)c2c1CC1CC3CC(=O)C(C(N)=O)=C(O)C3C(=O)C1=C2O. The first-order chi connectivity index (χ1) is 16.1. The number of Topliss-reactive ketones (excluding diaryl/α,β-unsaturated/α-hetero) is 2. The number of allylic oxidation sites excluding steroid dienone is 2. The highest BCUT2D eigenvalue weighted by Crippen LogP contribution is 2.52. The fourth-order valence-corrected chi connectivity index (χ4v) is 5.57. The number of phenols is 1. The van der Waals surface area contributed by atoms with Crippen LogP contribution in [0.1, 0.15) is 29.5 Å². The highest BCUT2D eigenvalue weighted by molar-refractivity contribution is 6.21. The van der Waals surface area contributed by atoms with E-state index in [2.05, 4.69) is 5.32 Å². The quantitative estimate of drug-likeness (QED) is 0.307. The molecule has 0 aliphatic heterocycles. The van der Waals surface area contributed by atoms with Gasteiger partial charge < -0.3 is 31.3 Å². The highest BCUT2D eigenvalue weighted by atomic mass is 19.1. The number of hydrogen-bond donors (Lipinski definition) is 5. The summed E-state index contributed by atoms with van der Waals surface area (Å²) in [4.78, 5) is 39.4. The van der Waals surface area contributed by atoms with E-state index in [-0.39, 0.29) is 42.2 Å². The number of aliphatic hydroxyl groups is 2. The first-order valence-corrected chi connectivity index (χ1v) is 11.1. The minimum absolute atomic E-state index is 0.0624. The first-order valence-electron chi connectivity index (χ1n) is 11.1. The van der Waals surface area contributed by atoms with E-state index in [0.717, 1.165) is 5.69 Å². The number of aromatic hydroxyl groups is 1. The van der Waals surface area contributed by atoms with Crippen LogP contribution in [0.4, 0.5) is 10.1 Å². The van der Waals surface area contributed by atoms with Crippen molar-refractivity contribution in [2.75, 3.05) is 32.2 Å². The lowest BCUT2D eigenvalue weighted by Gasteiger charge is -2.41. The predicted molar refractivity (Wildman–Crippen MR) is 122 cm³/mol. The molecule has 4 rings (SSSR count). The molecule has 0 aromatic heterocycles. The summed E-state index contributed by atoms with van der Waals surface area (Å²) in [5, 5.41) is 35.8. The van der Waals surface area contributed by atoms with Crippen LogP contribution in [-0.2, 0) is 27.3 Å². The Bertz CT molecular complexity index is 1160. The number of benzene rings is 1. The topological polar surface area (TPSA) is 153 Å². The minimum Gasteiger partial charge on any atom is -0.511 e. The van der Waals surface area contributed by atoms with Gasteiger partial charge in [-0.2, -0.15) is 0 Å². The maximum atomic E-state index is 13.5. The monoisotopic (exact) mass is 473 g/mol. The number of rotatable bonds is 6. The number of anilines is 1. The van der Waals surface area contributed by atoms with Crippen LogP contribution in [0.3, 0.4) is 0 Å². The lowest BCUT2D eigenvalue weighted by atomic mass is 9.61. The lowest BCUT2D eigenvalue weighted by molar-refractivity contribution is -0.127. The number of nitrogens with one attached hydrogen (secondary N) is 1. The van der Waals surface area contributed by atoms with E-state index in [0.29, 0.717) is 24.0 Å². The van der Waals surface area contributed by atoms with Crippen molar-refractivity contribution in [3.63, 3.8) is 0 Å². The second-order valence-electron chi connectivity index (χ2n) is 9.27. The number of carbonyl (C=O) groups is 3. The number of halogens is 1. The zero-order chi connectivity index (χ0) is 24.9. The van der Waals surface area contributed by atoms with Crippen LogP contribution >= 0.6 is 0 Å². The molecule has 1 fully saturated rings. The Balaban J connectivity index is 1.86. The molecule has 3 aliphatic carbocycles. The number of nitrogens with zero attached hydrogens (tertiary/aromatic N) is 1. The van der Waals surface area contributed by atoms with Crippen molar-refractivity contribution in [1.82, 2.24) is 5.32 Å². The summed E-state index contributed by atoms with van der Waals surface area (Å²) in [7, 11) is 3.63. The second kappa shape index (κ2) is 8.75. The van der Waals surface area contributed by atoms with Crippen molar-refractivity contribution >= 4 is 28.9 Å². The summed E-state index contributed by atoms with van der Waals surface area (Å²) in [6.45, 7) is -0.327. The number of carbonyl (C=O) groups excluding carboxylic acids is 3. The first kappa shape index (κ1) is 23.7. The van der Waals surface area contributed by atoms with Crippen molar-refractivity contribution in [3.8, 4) is 5.75 Å². The van der Waals surface area contributed by atoms with Crippen LogP contribution < -0.4 is 16.0 Å². The van der Waals surface area contributed by atoms with Gasteiger partial charge in [0, 0.05) is 50.4 Å². The molecular formula is C24H28FN3O6. The van der Waals surface area contributed by atoms with Crippen molar-refractivity contribution in [2.45, 2.75) is 25.8 Å². The van der Waals surface area contributed by atoms with E-state index >= 15 is 0 Å². The Labute approximate surface area is 195 Å². The van der Waals surface area contributed by atoms with E-state index in [1.165, 1.54) is 0 Å². The van der Waals surface area contributed by atoms with Gasteiger partial charge in [0.2, 0.25) is 0 Å². The van der Waals surface area contributed by atoms with Crippen molar-refractivity contribution in [3.05, 3.63) is 39.7 Å². The molecule has 0 saturated heterocycles. The minimum atomic E-state index is -1.15. The summed E-state index contributed by atoms with van der Waals surface area (Å²) in [5.41, 5.74) is 6.71. The van der Waals surface area contributed by atoms with Crippen molar-refractivity contribution in [1.29, 1.82) is 0 Å². The largest absolute Gasteiger partial charge is 0.511 e. The van der Waals surface area contributed by atoms with Crippen LogP contribution in [0.15, 0.2) is 23.0 Å². The second-order valence-corrected chi connectivity index (χ2v) is 9.27. The molecule has 1 aromatic carbocycles. The predicted octanol–water partition coefficient (Wildman–Crippen LogP) is 1.43. The molecule has 1 amide bonds. The third kappa shape index (κ3) is 3.62. The van der Waals surface area contributed by atoms with Crippen molar-refractivity contribution < 1.29 is 34.1 Å². The third-order valence-corrected chi connectivity index (χ3v) is 7.01. The van der Waals surface area contributed by atoms with Gasteiger partial charge in [0.1, 0.15) is 29.5 Å². The number of amides is 1. The molecule has 0 bridgehead atoms. The number of alkyl halides is 1. The van der Waals surface area contributed by atoms with Crippen LogP contribution in [0.5, 0.6) is 5.75 Å². The van der Waals surface area contributed by atoms with Crippen LogP contribution in [0.2, 0.25) is 0 Å². The zero-order valence-electron chi connectivity index (χ0n) is 19.0. The molecule has 3 unspecified atom stereocenters. The van der Waals surface area contributed by atoms with Gasteiger partial charge in [-0.3, -0.25) is 14.4 Å². The Morgan fingerprint density at radius 3 is 2.56 bits per heavy atom. The molecule has 0 heterocycles. The summed E-state index contributed by atoms with van der Waals surface area (Å²) >= 11 is 0. The fraction of sp³-hybridized carbons (Fsp3) is 0.458. The Morgan fingerprint density at radius 1 is 1.24 bits per heavy atom. The summed E-state index contributed by atoms with van der Waals surface area (Å²) in [5.74, 6) is -5.61. The van der Waals surface area contributed by atoms with E-state index in [1.54, 1.807) is 6.07 Å². The molecule has 0 spiro atoms. The van der Waals surface area contributed by atoms with Crippen LogP contribution in [0, 0.1) is 17.8 Å². The molecule has 3 aliphatic rings. The molecule has 34 heavy (non-hydrogen) atoms. The average molecular weight is 474 g/mol. The standard InChI is InChI=1S/C24H28FN3O6/c1-28(2)14-7-12(9-27-4-3-25)20(30)18-13(14)6-10-5-11-8-15(29)19(24(26)34)23(33)17(11)21(31)16(10)22(18)32/h7,10-11,17,27,30,32-33H,3-6,8-9H2,1-2H3,(H2,26,34). The molecular weight excluding hydrogens is 445 g/mol. The van der Waals surface area contributed by atoms with Gasteiger partial charge in [-0.25, -0.2) is 4.39 Å². The van der Waals surface area contributed by atoms with Gasteiger partial charge in [0.05, 0.1) is 11.5 Å². The molecule has 3 atom stereocenters. The molecule has 182 valence electrons. The third-order valence-electron chi connectivity index (χ3n) is 7.01. The molecule has 0 radical (unpaired) electrons. The summed E-state index contributed by atoms with van der Waals surface area (Å²) in [6.07, 6.45) is 0.579. The molecule has 10 heteroatoms. The van der Waals surface area contributed by atoms with Gasteiger partial charge in [-0.1, -0.05) is 0 Å².